The Morgan fingerprint density at radius 3 is 2.36 bits per heavy atom. The second-order valence-corrected chi connectivity index (χ2v) is 4.39. The molecule has 2 N–H and O–H groups in total. The molecule has 1 rings (SSSR count). The van der Waals surface area contributed by atoms with Crippen molar-refractivity contribution >= 4 is 5.82 Å². The number of hydrogen-bond acceptors (Lipinski definition) is 3. The molecule has 1 heterocycles. The predicted octanol–water partition coefficient (Wildman–Crippen LogP) is 1.38. The lowest BCUT2D eigenvalue weighted by Crippen LogP contribution is -2.28. The van der Waals surface area contributed by atoms with Gasteiger partial charge in [-0.25, -0.2) is 4.98 Å². The molecule has 1 aromatic heterocycles. The standard InChI is InChI=1S/C11H19N3/c1-11(2,8-12)9-5-6-10(13-7-9)14(3)4/h5-7H,8,12H2,1-4H3. The zero-order valence-corrected chi connectivity index (χ0v) is 9.41. The first-order valence-corrected chi connectivity index (χ1v) is 4.81. The fraction of sp³-hybridized carbons (Fsp3) is 0.545. The van der Waals surface area contributed by atoms with Crippen LogP contribution in [0.2, 0.25) is 0 Å². The normalized spacial score (nSPS) is 11.5. The molecule has 78 valence electrons. The van der Waals surface area contributed by atoms with Crippen LogP contribution in [0.3, 0.4) is 0 Å². The molecule has 14 heavy (non-hydrogen) atoms. The Bertz CT molecular complexity index is 288. The number of pyridine rings is 1. The van der Waals surface area contributed by atoms with Gasteiger partial charge >= 0.3 is 0 Å². The van der Waals surface area contributed by atoms with E-state index in [4.69, 9.17) is 5.73 Å². The molecule has 0 aromatic carbocycles. The van der Waals surface area contributed by atoms with E-state index in [0.717, 1.165) is 5.82 Å². The summed E-state index contributed by atoms with van der Waals surface area (Å²) in [5.41, 5.74) is 6.90. The van der Waals surface area contributed by atoms with E-state index < -0.39 is 0 Å². The molecule has 0 unspecified atom stereocenters. The summed E-state index contributed by atoms with van der Waals surface area (Å²) in [6.07, 6.45) is 1.90. The van der Waals surface area contributed by atoms with E-state index >= 15 is 0 Å². The van der Waals surface area contributed by atoms with Crippen LogP contribution in [-0.4, -0.2) is 25.6 Å². The van der Waals surface area contributed by atoms with E-state index in [-0.39, 0.29) is 5.41 Å². The Labute approximate surface area is 85.9 Å². The van der Waals surface area contributed by atoms with Crippen molar-refractivity contribution in [3.63, 3.8) is 0 Å². The van der Waals surface area contributed by atoms with E-state index in [1.54, 1.807) is 0 Å². The van der Waals surface area contributed by atoms with E-state index in [2.05, 4.69) is 24.9 Å². The smallest absolute Gasteiger partial charge is 0.127 e. The molecule has 0 saturated heterocycles. The highest BCUT2D eigenvalue weighted by Gasteiger charge is 2.18. The maximum Gasteiger partial charge on any atom is 0.127 e. The van der Waals surface area contributed by atoms with Crippen molar-refractivity contribution in [2.24, 2.45) is 5.73 Å². The van der Waals surface area contributed by atoms with Gasteiger partial charge in [-0.2, -0.15) is 0 Å². The summed E-state index contributed by atoms with van der Waals surface area (Å²) in [5, 5.41) is 0. The third-order valence-corrected chi connectivity index (χ3v) is 2.50. The van der Waals surface area contributed by atoms with Crippen molar-refractivity contribution < 1.29 is 0 Å². The molecule has 0 saturated carbocycles. The summed E-state index contributed by atoms with van der Waals surface area (Å²) in [6, 6.07) is 4.11. The second kappa shape index (κ2) is 3.96. The first kappa shape index (κ1) is 11.0. The van der Waals surface area contributed by atoms with Gasteiger partial charge in [0.2, 0.25) is 0 Å². The molecule has 0 spiro atoms. The molecule has 0 atom stereocenters. The van der Waals surface area contributed by atoms with Crippen LogP contribution in [0.15, 0.2) is 18.3 Å². The minimum Gasteiger partial charge on any atom is -0.363 e. The van der Waals surface area contributed by atoms with E-state index in [9.17, 15) is 0 Å². The Morgan fingerprint density at radius 1 is 1.36 bits per heavy atom. The summed E-state index contributed by atoms with van der Waals surface area (Å²) >= 11 is 0. The Kier molecular flexibility index (Phi) is 3.11. The highest BCUT2D eigenvalue weighted by atomic mass is 15.1. The number of aromatic nitrogens is 1. The molecular weight excluding hydrogens is 174 g/mol. The Morgan fingerprint density at radius 2 is 2.00 bits per heavy atom. The monoisotopic (exact) mass is 193 g/mol. The average Bonchev–Trinajstić information content (AvgIpc) is 2.18. The summed E-state index contributed by atoms with van der Waals surface area (Å²) in [7, 11) is 3.96. The molecule has 0 amide bonds. The fourth-order valence-electron chi connectivity index (χ4n) is 1.17. The van der Waals surface area contributed by atoms with E-state index in [1.807, 2.05) is 31.3 Å². The van der Waals surface area contributed by atoms with Crippen LogP contribution in [0, 0.1) is 0 Å². The topological polar surface area (TPSA) is 42.1 Å². The van der Waals surface area contributed by atoms with Crippen LogP contribution in [0.4, 0.5) is 5.82 Å². The minimum absolute atomic E-state index is 0.0117. The lowest BCUT2D eigenvalue weighted by Gasteiger charge is -2.23. The molecule has 0 radical (unpaired) electrons. The predicted molar refractivity (Wildman–Crippen MR) is 60.6 cm³/mol. The van der Waals surface area contributed by atoms with Crippen LogP contribution in [0.5, 0.6) is 0 Å². The third kappa shape index (κ3) is 2.23. The molecule has 0 aliphatic rings. The van der Waals surface area contributed by atoms with Gasteiger partial charge in [-0.05, 0) is 11.6 Å². The summed E-state index contributed by atoms with van der Waals surface area (Å²) in [5.74, 6) is 0.974. The van der Waals surface area contributed by atoms with Gasteiger partial charge in [-0.15, -0.1) is 0 Å². The quantitative estimate of drug-likeness (QED) is 0.788. The summed E-state index contributed by atoms with van der Waals surface area (Å²) < 4.78 is 0. The molecule has 0 fully saturated rings. The first-order chi connectivity index (χ1) is 6.47. The molecule has 0 aliphatic heterocycles. The van der Waals surface area contributed by atoms with Gasteiger partial charge in [0.25, 0.3) is 0 Å². The first-order valence-electron chi connectivity index (χ1n) is 4.81. The molecule has 1 aromatic rings. The molecule has 3 heteroatoms. The minimum atomic E-state index is 0.0117. The second-order valence-electron chi connectivity index (χ2n) is 4.39. The van der Waals surface area contributed by atoms with E-state index in [0.29, 0.717) is 6.54 Å². The maximum absolute atomic E-state index is 5.70. The summed E-state index contributed by atoms with van der Waals surface area (Å²) in [4.78, 5) is 6.35. The SMILES string of the molecule is CN(C)c1ccc(C(C)(C)CN)cn1. The van der Waals surface area contributed by atoms with Gasteiger partial charge < -0.3 is 10.6 Å². The van der Waals surface area contributed by atoms with Gasteiger partial charge in [0.1, 0.15) is 5.82 Å². The zero-order chi connectivity index (χ0) is 10.8. The Balaban J connectivity index is 2.94. The lowest BCUT2D eigenvalue weighted by molar-refractivity contribution is 0.537. The number of anilines is 1. The van der Waals surface area contributed by atoms with Gasteiger partial charge in [-0.1, -0.05) is 19.9 Å². The van der Waals surface area contributed by atoms with Crippen LogP contribution < -0.4 is 10.6 Å². The van der Waals surface area contributed by atoms with Gasteiger partial charge in [0.15, 0.2) is 0 Å². The molecule has 0 bridgehead atoms. The lowest BCUT2D eigenvalue weighted by atomic mass is 9.86. The third-order valence-electron chi connectivity index (χ3n) is 2.50. The average molecular weight is 193 g/mol. The van der Waals surface area contributed by atoms with Crippen LogP contribution >= 0.6 is 0 Å². The highest BCUT2D eigenvalue weighted by molar-refractivity contribution is 5.38. The van der Waals surface area contributed by atoms with Crippen molar-refractivity contribution in [2.45, 2.75) is 19.3 Å². The Hall–Kier alpha value is -1.09. The van der Waals surface area contributed by atoms with E-state index in [1.165, 1.54) is 5.56 Å². The van der Waals surface area contributed by atoms with Gasteiger partial charge in [0.05, 0.1) is 0 Å². The largest absolute Gasteiger partial charge is 0.363 e. The molecular formula is C11H19N3. The van der Waals surface area contributed by atoms with Crippen molar-refractivity contribution in [3.8, 4) is 0 Å². The fourth-order valence-corrected chi connectivity index (χ4v) is 1.17. The maximum atomic E-state index is 5.70. The number of hydrogen-bond donors (Lipinski definition) is 1. The van der Waals surface area contributed by atoms with Gasteiger partial charge in [-0.3, -0.25) is 0 Å². The molecule has 3 nitrogen and oxygen atoms in total. The van der Waals surface area contributed by atoms with Crippen molar-refractivity contribution in [3.05, 3.63) is 23.9 Å². The van der Waals surface area contributed by atoms with Gasteiger partial charge in [0, 0.05) is 32.3 Å². The van der Waals surface area contributed by atoms with Crippen molar-refractivity contribution in [2.75, 3.05) is 25.5 Å². The van der Waals surface area contributed by atoms with Crippen LogP contribution in [-0.2, 0) is 5.41 Å². The number of nitrogens with two attached hydrogens (primary N) is 1. The summed E-state index contributed by atoms with van der Waals surface area (Å²) in [6.45, 7) is 4.88. The molecule has 0 aliphatic carbocycles. The highest BCUT2D eigenvalue weighted by Crippen LogP contribution is 2.21. The number of nitrogens with zero attached hydrogens (tertiary/aromatic N) is 2. The van der Waals surface area contributed by atoms with Crippen molar-refractivity contribution in [1.82, 2.24) is 4.98 Å². The van der Waals surface area contributed by atoms with Crippen LogP contribution in [0.1, 0.15) is 19.4 Å². The zero-order valence-electron chi connectivity index (χ0n) is 9.41. The van der Waals surface area contributed by atoms with Crippen molar-refractivity contribution in [1.29, 1.82) is 0 Å². The van der Waals surface area contributed by atoms with Crippen LogP contribution in [0.25, 0.3) is 0 Å². The number of rotatable bonds is 3.